The minimum atomic E-state index is 0.664. The van der Waals surface area contributed by atoms with Crippen molar-refractivity contribution < 1.29 is 18.9 Å². The van der Waals surface area contributed by atoms with Gasteiger partial charge in [0.15, 0.2) is 0 Å². The number of ether oxygens (including phenoxy) is 4. The number of hydrogen-bond donors (Lipinski definition) is 0. The van der Waals surface area contributed by atoms with Gasteiger partial charge in [0.05, 0.1) is 26.4 Å². The molecular weight excluding hydrogens is 304 g/mol. The normalized spacial score (nSPS) is 10.2. The van der Waals surface area contributed by atoms with E-state index in [-0.39, 0.29) is 0 Å². The molecule has 0 saturated heterocycles. The third-order valence-corrected chi connectivity index (χ3v) is 3.23. The summed E-state index contributed by atoms with van der Waals surface area (Å²) in [5, 5.41) is 0. The standard InChI is InChI=1S/2C10H14O2/c2*1-11-7-9-4-3-5-10(6-9)8-12-2/h2*3-6H,7-8H2,1-2H3. The van der Waals surface area contributed by atoms with Crippen molar-refractivity contribution in [2.45, 2.75) is 26.4 Å². The molecule has 132 valence electrons. The van der Waals surface area contributed by atoms with Gasteiger partial charge >= 0.3 is 0 Å². The van der Waals surface area contributed by atoms with Crippen LogP contribution in [0.3, 0.4) is 0 Å². The lowest BCUT2D eigenvalue weighted by molar-refractivity contribution is 0.180. The maximum atomic E-state index is 5.02. The van der Waals surface area contributed by atoms with Gasteiger partial charge in [-0.05, 0) is 22.3 Å². The highest BCUT2D eigenvalue weighted by Crippen LogP contribution is 2.07. The van der Waals surface area contributed by atoms with Crippen molar-refractivity contribution in [3.63, 3.8) is 0 Å². The summed E-state index contributed by atoms with van der Waals surface area (Å²) in [5.74, 6) is 0. The van der Waals surface area contributed by atoms with Crippen LogP contribution in [0.5, 0.6) is 0 Å². The molecule has 0 fully saturated rings. The summed E-state index contributed by atoms with van der Waals surface area (Å²) < 4.78 is 20.1. The largest absolute Gasteiger partial charge is 0.380 e. The number of benzene rings is 2. The second kappa shape index (κ2) is 12.7. The van der Waals surface area contributed by atoms with Crippen LogP contribution in [0.15, 0.2) is 48.5 Å². The van der Waals surface area contributed by atoms with E-state index in [1.165, 1.54) is 22.3 Å². The molecule has 0 amide bonds. The second-order valence-electron chi connectivity index (χ2n) is 5.37. The highest BCUT2D eigenvalue weighted by Gasteiger charge is 1.95. The minimum Gasteiger partial charge on any atom is -0.380 e. The molecule has 0 radical (unpaired) electrons. The molecule has 4 nitrogen and oxygen atoms in total. The number of rotatable bonds is 8. The lowest BCUT2D eigenvalue weighted by atomic mass is 10.1. The summed E-state index contributed by atoms with van der Waals surface area (Å²) in [4.78, 5) is 0. The fourth-order valence-corrected chi connectivity index (χ4v) is 2.29. The maximum Gasteiger partial charge on any atom is 0.0713 e. The molecule has 0 aliphatic rings. The van der Waals surface area contributed by atoms with Crippen molar-refractivity contribution in [2.75, 3.05) is 28.4 Å². The van der Waals surface area contributed by atoms with Crippen molar-refractivity contribution in [3.05, 3.63) is 70.8 Å². The topological polar surface area (TPSA) is 36.9 Å². The molecular formula is C20H28O4. The molecule has 0 N–H and O–H groups in total. The predicted molar refractivity (Wildman–Crippen MR) is 95.7 cm³/mol. The van der Waals surface area contributed by atoms with Gasteiger partial charge in [-0.2, -0.15) is 0 Å². The molecule has 0 spiro atoms. The van der Waals surface area contributed by atoms with Crippen LogP contribution < -0.4 is 0 Å². The molecule has 2 rings (SSSR count). The highest BCUT2D eigenvalue weighted by molar-refractivity contribution is 5.23. The van der Waals surface area contributed by atoms with E-state index in [1.54, 1.807) is 28.4 Å². The first-order valence-electron chi connectivity index (χ1n) is 7.84. The first-order chi connectivity index (χ1) is 11.7. The summed E-state index contributed by atoms with van der Waals surface area (Å²) in [6.45, 7) is 2.66. The van der Waals surface area contributed by atoms with Crippen LogP contribution in [0.2, 0.25) is 0 Å². The van der Waals surface area contributed by atoms with E-state index < -0.39 is 0 Å². The van der Waals surface area contributed by atoms with Gasteiger partial charge in [-0.3, -0.25) is 0 Å². The molecule has 2 aromatic rings. The molecule has 0 atom stereocenters. The first-order valence-corrected chi connectivity index (χ1v) is 7.84. The fourth-order valence-electron chi connectivity index (χ4n) is 2.29. The zero-order valence-electron chi connectivity index (χ0n) is 15.1. The van der Waals surface area contributed by atoms with E-state index in [0.29, 0.717) is 26.4 Å². The lowest BCUT2D eigenvalue weighted by Crippen LogP contribution is -1.91. The average molecular weight is 332 g/mol. The molecule has 0 aliphatic heterocycles. The summed E-state index contributed by atoms with van der Waals surface area (Å²) in [6, 6.07) is 16.4. The van der Waals surface area contributed by atoms with Crippen LogP contribution in [-0.4, -0.2) is 28.4 Å². The van der Waals surface area contributed by atoms with Gasteiger partial charge in [0.1, 0.15) is 0 Å². The van der Waals surface area contributed by atoms with Gasteiger partial charge in [-0.25, -0.2) is 0 Å². The lowest BCUT2D eigenvalue weighted by Gasteiger charge is -2.02. The third-order valence-electron chi connectivity index (χ3n) is 3.23. The van der Waals surface area contributed by atoms with Crippen LogP contribution in [0, 0.1) is 0 Å². The molecule has 0 saturated carbocycles. The zero-order valence-corrected chi connectivity index (χ0v) is 15.1. The third kappa shape index (κ3) is 8.22. The van der Waals surface area contributed by atoms with Crippen molar-refractivity contribution in [1.29, 1.82) is 0 Å². The zero-order chi connectivity index (χ0) is 17.6. The van der Waals surface area contributed by atoms with Gasteiger partial charge in [-0.1, -0.05) is 48.5 Å². The Balaban J connectivity index is 0.000000240. The van der Waals surface area contributed by atoms with Crippen molar-refractivity contribution in [1.82, 2.24) is 0 Å². The fraction of sp³-hybridized carbons (Fsp3) is 0.400. The highest BCUT2D eigenvalue weighted by atomic mass is 16.5. The predicted octanol–water partition coefficient (Wildman–Crippen LogP) is 3.96. The molecule has 4 heteroatoms. The van der Waals surface area contributed by atoms with Crippen LogP contribution in [0.25, 0.3) is 0 Å². The maximum absolute atomic E-state index is 5.02. The molecule has 0 bridgehead atoms. The van der Waals surface area contributed by atoms with E-state index in [9.17, 15) is 0 Å². The van der Waals surface area contributed by atoms with Crippen LogP contribution >= 0.6 is 0 Å². The Kier molecular flexibility index (Phi) is 10.7. The molecule has 0 heterocycles. The Hall–Kier alpha value is -1.72. The van der Waals surface area contributed by atoms with E-state index in [4.69, 9.17) is 18.9 Å². The second-order valence-corrected chi connectivity index (χ2v) is 5.37. The van der Waals surface area contributed by atoms with Crippen LogP contribution in [0.4, 0.5) is 0 Å². The molecule has 0 aromatic heterocycles. The quantitative estimate of drug-likeness (QED) is 0.733. The minimum absolute atomic E-state index is 0.664. The molecule has 2 aromatic carbocycles. The Labute approximate surface area is 145 Å². The smallest absolute Gasteiger partial charge is 0.0713 e. The van der Waals surface area contributed by atoms with Gasteiger partial charge in [0, 0.05) is 28.4 Å². The molecule has 0 unspecified atom stereocenters. The first kappa shape index (κ1) is 20.3. The monoisotopic (exact) mass is 332 g/mol. The SMILES string of the molecule is COCc1cccc(COC)c1.COCc1cccc(COC)c1. The number of methoxy groups -OCH3 is 4. The van der Waals surface area contributed by atoms with Crippen LogP contribution in [-0.2, 0) is 45.4 Å². The van der Waals surface area contributed by atoms with Crippen molar-refractivity contribution in [3.8, 4) is 0 Å². The van der Waals surface area contributed by atoms with E-state index in [2.05, 4.69) is 12.1 Å². The Morgan fingerprint density at radius 3 is 0.958 bits per heavy atom. The average Bonchev–Trinajstić information content (AvgIpc) is 2.58. The van der Waals surface area contributed by atoms with Gasteiger partial charge in [0.25, 0.3) is 0 Å². The summed E-state index contributed by atoms with van der Waals surface area (Å²) >= 11 is 0. The molecule has 24 heavy (non-hydrogen) atoms. The van der Waals surface area contributed by atoms with Gasteiger partial charge in [-0.15, -0.1) is 0 Å². The Morgan fingerprint density at radius 2 is 0.750 bits per heavy atom. The summed E-state index contributed by atoms with van der Waals surface area (Å²) in [5.41, 5.74) is 4.75. The van der Waals surface area contributed by atoms with Gasteiger partial charge in [0.2, 0.25) is 0 Å². The van der Waals surface area contributed by atoms with E-state index >= 15 is 0 Å². The van der Waals surface area contributed by atoms with E-state index in [1.807, 2.05) is 36.4 Å². The Bertz CT molecular complexity index is 475. The van der Waals surface area contributed by atoms with E-state index in [0.717, 1.165) is 0 Å². The van der Waals surface area contributed by atoms with Crippen molar-refractivity contribution in [2.24, 2.45) is 0 Å². The number of hydrogen-bond acceptors (Lipinski definition) is 4. The summed E-state index contributed by atoms with van der Waals surface area (Å²) in [6.07, 6.45) is 0. The van der Waals surface area contributed by atoms with Crippen molar-refractivity contribution >= 4 is 0 Å². The van der Waals surface area contributed by atoms with Crippen LogP contribution in [0.1, 0.15) is 22.3 Å². The van der Waals surface area contributed by atoms with Gasteiger partial charge < -0.3 is 18.9 Å². The Morgan fingerprint density at radius 1 is 0.500 bits per heavy atom. The molecule has 0 aliphatic carbocycles. The summed E-state index contributed by atoms with van der Waals surface area (Å²) in [7, 11) is 6.79.